The molecule has 4 atom stereocenters. The second-order valence-electron chi connectivity index (χ2n) is 26.0. The van der Waals surface area contributed by atoms with Gasteiger partial charge in [0.25, 0.3) is 0 Å². The summed E-state index contributed by atoms with van der Waals surface area (Å²) in [5, 5.41) is 5.89. The van der Waals surface area contributed by atoms with Crippen molar-refractivity contribution in [1.82, 2.24) is 59.8 Å². The number of hydrogen-bond acceptors (Lipinski definition) is 18. The Morgan fingerprint density at radius 2 is 0.552 bits per heavy atom. The summed E-state index contributed by atoms with van der Waals surface area (Å²) >= 11 is 44.1. The van der Waals surface area contributed by atoms with E-state index in [4.69, 9.17) is 69.6 Å². The van der Waals surface area contributed by atoms with Crippen LogP contribution >= 0.6 is 138 Å². The van der Waals surface area contributed by atoms with Crippen molar-refractivity contribution in [2.75, 3.05) is 0 Å². The van der Waals surface area contributed by atoms with Crippen LogP contribution in [0.4, 0.5) is 39.5 Å². The Balaban J connectivity index is 0.000000176. The minimum atomic E-state index is -4.40. The van der Waals surface area contributed by atoms with Crippen molar-refractivity contribution in [2.45, 2.75) is 144 Å². The lowest BCUT2D eigenvalue weighted by Gasteiger charge is -2.15. The summed E-state index contributed by atoms with van der Waals surface area (Å²) in [6, 6.07) is 15.2. The lowest BCUT2D eigenvalue weighted by atomic mass is 9.95. The molecule has 0 spiro atoms. The maximum Gasteiger partial charge on any atom is 0.396 e. The van der Waals surface area contributed by atoms with Gasteiger partial charge in [-0.1, -0.05) is 153 Å². The molecule has 105 heavy (non-hydrogen) atoms. The third kappa shape index (κ3) is 24.4. The van der Waals surface area contributed by atoms with Crippen LogP contribution in [0.25, 0.3) is 63.4 Å². The van der Waals surface area contributed by atoms with Gasteiger partial charge in [0.1, 0.15) is 78.4 Å². The number of aromatic nitrogens is 12. The molecule has 0 saturated heterocycles. The molecule has 12 aromatic rings. The molecule has 0 aliphatic rings. The molecule has 0 aliphatic carbocycles. The van der Waals surface area contributed by atoms with Crippen LogP contribution < -0.4 is 0 Å². The summed E-state index contributed by atoms with van der Waals surface area (Å²) in [6.07, 6.45) is 9.40. The van der Waals surface area contributed by atoms with Gasteiger partial charge in [0, 0.05) is 109 Å². The zero-order chi connectivity index (χ0) is 77.6. The summed E-state index contributed by atoms with van der Waals surface area (Å²) in [7, 11) is 0. The molecular formula is C72H69Cl6F9N12S6. The fourth-order valence-electron chi connectivity index (χ4n) is 8.58. The fraction of sp³-hybridized carbons (Fsp3) is 0.333. The first-order valence-corrected chi connectivity index (χ1v) is 38.9. The van der Waals surface area contributed by atoms with Crippen LogP contribution in [0.1, 0.15) is 150 Å². The van der Waals surface area contributed by atoms with E-state index in [0.717, 1.165) is 89.6 Å². The smallest absolute Gasteiger partial charge is 0.264 e. The van der Waals surface area contributed by atoms with E-state index in [-0.39, 0.29) is 47.5 Å². The maximum atomic E-state index is 13.1. The Morgan fingerprint density at radius 3 is 0.790 bits per heavy atom. The predicted octanol–water partition coefficient (Wildman–Crippen LogP) is 27.0. The lowest BCUT2D eigenvalue weighted by molar-refractivity contribution is -0.146. The topological polar surface area (TPSA) is 155 Å². The highest BCUT2D eigenvalue weighted by atomic mass is 35.5. The molecular weight excluding hydrogens is 1610 g/mol. The Hall–Kier alpha value is -6.21. The Bertz CT molecular complexity index is 4750. The summed E-state index contributed by atoms with van der Waals surface area (Å²) in [5.41, 5.74) is 4.31. The number of thiazole rings is 6. The number of nitrogens with zero attached hydrogens (tertiary/aromatic N) is 12. The van der Waals surface area contributed by atoms with E-state index in [0.29, 0.717) is 76.6 Å². The number of hydrogen-bond donors (Lipinski definition) is 0. The van der Waals surface area contributed by atoms with E-state index in [1.54, 1.807) is 65.8 Å². The van der Waals surface area contributed by atoms with Gasteiger partial charge >= 0.3 is 12.4 Å². The molecule has 4 unspecified atom stereocenters. The third-order valence-corrected chi connectivity index (χ3v) is 25.8. The van der Waals surface area contributed by atoms with Gasteiger partial charge in [-0.3, -0.25) is 29.9 Å². The van der Waals surface area contributed by atoms with Crippen LogP contribution in [0.3, 0.4) is 0 Å². The second-order valence-corrected chi connectivity index (χ2v) is 34.2. The number of alkyl halides is 6. The molecule has 0 aliphatic heterocycles. The van der Waals surface area contributed by atoms with Gasteiger partial charge in [0.05, 0.1) is 40.2 Å². The molecule has 0 saturated carbocycles. The van der Waals surface area contributed by atoms with Gasteiger partial charge in [-0.05, 0) is 103 Å². The third-order valence-electron chi connectivity index (χ3n) is 15.1. The van der Waals surface area contributed by atoms with Crippen molar-refractivity contribution in [2.24, 2.45) is 11.8 Å². The van der Waals surface area contributed by atoms with Gasteiger partial charge in [-0.25, -0.2) is 43.1 Å². The van der Waals surface area contributed by atoms with Crippen LogP contribution in [0.5, 0.6) is 0 Å². The van der Waals surface area contributed by atoms with Crippen molar-refractivity contribution in [3.8, 4) is 63.4 Å². The highest BCUT2D eigenvalue weighted by Crippen LogP contribution is 2.46. The molecule has 0 bridgehead atoms. The number of rotatable bonds is 12. The van der Waals surface area contributed by atoms with Crippen molar-refractivity contribution in [3.05, 3.63) is 207 Å². The van der Waals surface area contributed by atoms with Gasteiger partial charge in [0.2, 0.25) is 0 Å². The molecule has 0 N–H and O–H groups in total. The maximum absolute atomic E-state index is 13.1. The van der Waals surface area contributed by atoms with E-state index in [9.17, 15) is 39.5 Å². The first kappa shape index (κ1) is 86.0. The molecule has 12 rings (SSSR count). The monoisotopic (exact) mass is 1670 g/mol. The largest absolute Gasteiger partial charge is 0.396 e. The van der Waals surface area contributed by atoms with E-state index in [2.05, 4.69) is 143 Å². The molecule has 12 nitrogen and oxygen atoms in total. The zero-order valence-electron chi connectivity index (χ0n) is 58.6. The fourth-order valence-corrected chi connectivity index (χ4v) is 17.7. The Kier molecular flexibility index (Phi) is 30.9. The SMILES string of the molecule is CC(C)(C)c1sc(-c2cccnc2)nc1Cl.CC(C)(C)c1sc(-c2cncc(F)c2)nc1Cl.CC(C)C(C)c1sc(-c2cccnc2)nc1Cl.CC(C)C(C)c1sc(-c2cncc(F)c2)nc1Cl.CC(c1sc(-c2cccnc2)nc1Cl)C(F)(F)F.CC(c1sc(-c2cncc(F)c2)nc1Cl)C(F)(F)F. The first-order valence-electron chi connectivity index (χ1n) is 31.8. The standard InChI is InChI=1S/C13H14ClFN2S.C13H15ClN2S.C12H12ClFN2S.C12H13ClN2S.C11H7ClF4N2S.C11H8ClF3N2S/c1-7(2)8(3)11-12(14)17-13(18-11)9-4-10(15)6-16-5-9;1-8(2)9(3)11-12(14)16-13(17-11)10-5-4-6-15-7-10;1-12(2,3)9-10(13)16-11(17-9)7-4-8(14)6-15-5-7;1-12(2,3)9-10(13)15-11(16-9)8-5-4-6-14-7-8;1-5(11(14,15)16)8-9(12)18-10(19-8)6-2-7(13)4-17-3-6;1-6(11(13,14)15)8-9(12)17-10(18-8)7-3-2-4-16-5-7/h4-8H,1-3H3;4-9H,1-3H3;4-6H,1-3H3;4-7H,1-3H3;2-5H,1H3;2-6H,1H3. The van der Waals surface area contributed by atoms with Crippen LogP contribution in [-0.4, -0.2) is 72.2 Å². The van der Waals surface area contributed by atoms with Crippen molar-refractivity contribution < 1.29 is 39.5 Å². The summed E-state index contributed by atoms with van der Waals surface area (Å²) in [6.45, 7) is 27.7. The summed E-state index contributed by atoms with van der Waals surface area (Å²) in [5.74, 6) is -2.83. The summed E-state index contributed by atoms with van der Waals surface area (Å²) in [4.78, 5) is 52.8. The second kappa shape index (κ2) is 37.7. The van der Waals surface area contributed by atoms with Crippen molar-refractivity contribution in [1.29, 1.82) is 0 Å². The predicted molar refractivity (Wildman–Crippen MR) is 415 cm³/mol. The minimum Gasteiger partial charge on any atom is -0.264 e. The quantitative estimate of drug-likeness (QED) is 0.107. The molecule has 33 heteroatoms. The highest BCUT2D eigenvalue weighted by Gasteiger charge is 2.41. The normalized spacial score (nSPS) is 12.8. The van der Waals surface area contributed by atoms with Gasteiger partial charge < -0.3 is 0 Å². The molecule has 0 radical (unpaired) electrons. The highest BCUT2D eigenvalue weighted by molar-refractivity contribution is 7.17. The van der Waals surface area contributed by atoms with Crippen LogP contribution in [0.15, 0.2) is 129 Å². The number of halogens is 15. The van der Waals surface area contributed by atoms with Crippen LogP contribution in [0, 0.1) is 29.3 Å². The van der Waals surface area contributed by atoms with Crippen molar-refractivity contribution >= 4 is 138 Å². The first-order chi connectivity index (χ1) is 49.1. The molecule has 0 fully saturated rings. The van der Waals surface area contributed by atoms with E-state index < -0.39 is 30.0 Å². The number of pyridine rings is 6. The van der Waals surface area contributed by atoms with Crippen molar-refractivity contribution in [3.63, 3.8) is 0 Å². The lowest BCUT2D eigenvalue weighted by Crippen LogP contribution is -2.16. The molecule has 12 aromatic heterocycles. The average Bonchev–Trinajstić information content (AvgIpc) is 1.72. The minimum absolute atomic E-state index is 0.0306. The van der Waals surface area contributed by atoms with Gasteiger partial charge in [0.15, 0.2) is 0 Å². The van der Waals surface area contributed by atoms with Gasteiger partial charge in [-0.15, -0.1) is 68.0 Å². The zero-order valence-corrected chi connectivity index (χ0v) is 68.0. The Labute approximate surface area is 657 Å². The average molecular weight is 1680 g/mol. The molecule has 0 aromatic carbocycles. The molecule has 558 valence electrons. The molecule has 0 amide bonds. The van der Waals surface area contributed by atoms with Gasteiger partial charge in [-0.2, -0.15) is 26.3 Å². The van der Waals surface area contributed by atoms with Crippen LogP contribution in [0.2, 0.25) is 30.9 Å². The molecule has 12 heterocycles. The Morgan fingerprint density at radius 1 is 0.314 bits per heavy atom. The van der Waals surface area contributed by atoms with E-state index in [1.807, 2.05) is 36.7 Å². The summed E-state index contributed by atoms with van der Waals surface area (Å²) < 4.78 is 115. The van der Waals surface area contributed by atoms with E-state index in [1.165, 1.54) is 64.5 Å². The van der Waals surface area contributed by atoms with E-state index >= 15 is 0 Å². The van der Waals surface area contributed by atoms with Crippen LogP contribution in [-0.2, 0) is 10.8 Å².